The van der Waals surface area contributed by atoms with Crippen molar-refractivity contribution in [2.45, 2.75) is 25.6 Å². The maximum absolute atomic E-state index is 12.5. The number of halogens is 3. The Balaban J connectivity index is 1.70. The molecule has 2 heterocycles. The topological polar surface area (TPSA) is 58.1 Å². The van der Waals surface area contributed by atoms with Crippen molar-refractivity contribution >= 4 is 28.1 Å². The SMILES string of the molecule is Cc1ccc(N2CCC(Nc3nnc(C(F)(F)F)s3)C2=O)cc1. The fourth-order valence-electron chi connectivity index (χ4n) is 2.34. The minimum atomic E-state index is -4.52. The van der Waals surface area contributed by atoms with Crippen LogP contribution in [0.25, 0.3) is 0 Å². The minimum absolute atomic E-state index is 0.00133. The van der Waals surface area contributed by atoms with Crippen LogP contribution < -0.4 is 10.2 Å². The molecular formula is C14H13F3N4OS. The Bertz CT molecular complexity index is 714. The predicted octanol–water partition coefficient (Wildman–Crippen LogP) is 3.08. The van der Waals surface area contributed by atoms with E-state index in [-0.39, 0.29) is 11.0 Å². The summed E-state index contributed by atoms with van der Waals surface area (Å²) in [5.74, 6) is -0.183. The molecule has 1 amide bonds. The molecule has 1 fully saturated rings. The number of carbonyl (C=O) groups excluding carboxylic acids is 1. The van der Waals surface area contributed by atoms with E-state index in [1.54, 1.807) is 4.90 Å². The molecule has 0 bridgehead atoms. The number of nitrogens with one attached hydrogen (secondary N) is 1. The average molecular weight is 342 g/mol. The lowest BCUT2D eigenvalue weighted by Crippen LogP contribution is -2.33. The summed E-state index contributed by atoms with van der Waals surface area (Å²) in [7, 11) is 0. The van der Waals surface area contributed by atoms with Crippen molar-refractivity contribution in [2.75, 3.05) is 16.8 Å². The summed E-state index contributed by atoms with van der Waals surface area (Å²) in [5, 5.41) is 8.28. The van der Waals surface area contributed by atoms with E-state index in [0.717, 1.165) is 11.3 Å². The number of hydrogen-bond donors (Lipinski definition) is 1. The molecule has 1 aliphatic heterocycles. The summed E-state index contributed by atoms with van der Waals surface area (Å²) in [6.45, 7) is 2.46. The molecule has 0 aliphatic carbocycles. The molecular weight excluding hydrogens is 329 g/mol. The standard InChI is InChI=1S/C14H13F3N4OS/c1-8-2-4-9(5-3-8)21-7-6-10(11(21)22)18-13-20-19-12(23-13)14(15,16)17/h2-5,10H,6-7H2,1H3,(H,18,20). The molecule has 3 rings (SSSR count). The van der Waals surface area contributed by atoms with Crippen LogP contribution in [0, 0.1) is 6.92 Å². The third-order valence-electron chi connectivity index (χ3n) is 3.52. The van der Waals surface area contributed by atoms with Gasteiger partial charge in [0.2, 0.25) is 16.0 Å². The van der Waals surface area contributed by atoms with Crippen LogP contribution in [0.2, 0.25) is 0 Å². The maximum Gasteiger partial charge on any atom is 0.445 e. The Morgan fingerprint density at radius 3 is 2.57 bits per heavy atom. The molecule has 2 aromatic rings. The molecule has 1 saturated heterocycles. The normalized spacial score (nSPS) is 18.5. The van der Waals surface area contributed by atoms with E-state index < -0.39 is 17.2 Å². The van der Waals surface area contributed by atoms with Crippen molar-refractivity contribution in [1.82, 2.24) is 10.2 Å². The number of nitrogens with zero attached hydrogens (tertiary/aromatic N) is 3. The maximum atomic E-state index is 12.5. The predicted molar refractivity (Wildman–Crippen MR) is 80.5 cm³/mol. The lowest BCUT2D eigenvalue weighted by molar-refractivity contribution is -0.138. The van der Waals surface area contributed by atoms with E-state index in [1.807, 2.05) is 31.2 Å². The van der Waals surface area contributed by atoms with E-state index >= 15 is 0 Å². The fraction of sp³-hybridized carbons (Fsp3) is 0.357. The van der Waals surface area contributed by atoms with Crippen LogP contribution in [0.4, 0.5) is 24.0 Å². The van der Waals surface area contributed by atoms with Crippen molar-refractivity contribution in [1.29, 1.82) is 0 Å². The van der Waals surface area contributed by atoms with Gasteiger partial charge in [-0.15, -0.1) is 10.2 Å². The highest BCUT2D eigenvalue weighted by Gasteiger charge is 2.37. The van der Waals surface area contributed by atoms with Crippen LogP contribution in [-0.4, -0.2) is 28.7 Å². The Hall–Kier alpha value is -2.16. The lowest BCUT2D eigenvalue weighted by atomic mass is 10.2. The second-order valence-electron chi connectivity index (χ2n) is 5.22. The summed E-state index contributed by atoms with van der Waals surface area (Å²) in [6.07, 6.45) is -4.03. The van der Waals surface area contributed by atoms with Crippen molar-refractivity contribution in [3.05, 3.63) is 34.8 Å². The summed E-state index contributed by atoms with van der Waals surface area (Å²) in [4.78, 5) is 14.0. The second kappa shape index (κ2) is 5.80. The zero-order chi connectivity index (χ0) is 16.6. The lowest BCUT2D eigenvalue weighted by Gasteiger charge is -2.17. The molecule has 122 valence electrons. The number of hydrogen-bond acceptors (Lipinski definition) is 5. The van der Waals surface area contributed by atoms with Gasteiger partial charge in [-0.25, -0.2) is 0 Å². The van der Waals surface area contributed by atoms with E-state index in [1.165, 1.54) is 0 Å². The summed E-state index contributed by atoms with van der Waals surface area (Å²) in [5.41, 5.74) is 1.86. The molecule has 23 heavy (non-hydrogen) atoms. The zero-order valence-electron chi connectivity index (χ0n) is 12.1. The van der Waals surface area contributed by atoms with Gasteiger partial charge in [0.1, 0.15) is 6.04 Å². The number of amides is 1. The van der Waals surface area contributed by atoms with Crippen LogP contribution in [-0.2, 0) is 11.0 Å². The molecule has 1 aromatic carbocycles. The molecule has 1 N–H and O–H groups in total. The van der Waals surface area contributed by atoms with Gasteiger partial charge in [-0.1, -0.05) is 29.0 Å². The molecule has 9 heteroatoms. The highest BCUT2D eigenvalue weighted by molar-refractivity contribution is 7.15. The molecule has 0 spiro atoms. The molecule has 1 unspecified atom stereocenters. The second-order valence-corrected chi connectivity index (χ2v) is 6.20. The van der Waals surface area contributed by atoms with E-state index in [2.05, 4.69) is 15.5 Å². The highest BCUT2D eigenvalue weighted by atomic mass is 32.1. The smallest absolute Gasteiger partial charge is 0.348 e. The van der Waals surface area contributed by atoms with Gasteiger partial charge >= 0.3 is 6.18 Å². The molecule has 5 nitrogen and oxygen atoms in total. The van der Waals surface area contributed by atoms with Gasteiger partial charge in [0, 0.05) is 12.2 Å². The first-order chi connectivity index (χ1) is 10.8. The molecule has 0 saturated carbocycles. The van der Waals surface area contributed by atoms with Crippen LogP contribution in [0.1, 0.15) is 17.0 Å². The van der Waals surface area contributed by atoms with Crippen LogP contribution >= 0.6 is 11.3 Å². The Morgan fingerprint density at radius 1 is 1.26 bits per heavy atom. The Kier molecular flexibility index (Phi) is 3.97. The Morgan fingerprint density at radius 2 is 1.96 bits per heavy atom. The van der Waals surface area contributed by atoms with Crippen LogP contribution in [0.15, 0.2) is 24.3 Å². The van der Waals surface area contributed by atoms with Gasteiger partial charge in [-0.2, -0.15) is 13.2 Å². The van der Waals surface area contributed by atoms with Gasteiger partial charge in [0.05, 0.1) is 0 Å². The molecule has 0 radical (unpaired) electrons. The summed E-state index contributed by atoms with van der Waals surface area (Å²) < 4.78 is 37.5. The monoisotopic (exact) mass is 342 g/mol. The largest absolute Gasteiger partial charge is 0.445 e. The van der Waals surface area contributed by atoms with Gasteiger partial charge < -0.3 is 10.2 Å². The van der Waals surface area contributed by atoms with Crippen LogP contribution in [0.3, 0.4) is 0 Å². The number of anilines is 2. The first-order valence-corrected chi connectivity index (χ1v) is 7.71. The minimum Gasteiger partial charge on any atom is -0.348 e. The molecule has 1 atom stereocenters. The summed E-state index contributed by atoms with van der Waals surface area (Å²) in [6, 6.07) is 6.92. The number of alkyl halides is 3. The van der Waals surface area contributed by atoms with E-state index in [0.29, 0.717) is 24.3 Å². The average Bonchev–Trinajstić information content (AvgIpc) is 3.09. The first-order valence-electron chi connectivity index (χ1n) is 6.90. The zero-order valence-corrected chi connectivity index (χ0v) is 12.9. The highest BCUT2D eigenvalue weighted by Crippen LogP contribution is 2.34. The van der Waals surface area contributed by atoms with Gasteiger partial charge in [0.25, 0.3) is 0 Å². The molecule has 1 aromatic heterocycles. The number of carbonyl (C=O) groups is 1. The van der Waals surface area contributed by atoms with Crippen molar-refractivity contribution < 1.29 is 18.0 Å². The molecule has 1 aliphatic rings. The Labute approximate surface area is 134 Å². The fourth-order valence-corrected chi connectivity index (χ4v) is 3.00. The van der Waals surface area contributed by atoms with E-state index in [4.69, 9.17) is 0 Å². The van der Waals surface area contributed by atoms with E-state index in [9.17, 15) is 18.0 Å². The third kappa shape index (κ3) is 3.29. The first kappa shape index (κ1) is 15.7. The van der Waals surface area contributed by atoms with Gasteiger partial charge in [-0.3, -0.25) is 4.79 Å². The van der Waals surface area contributed by atoms with Crippen LogP contribution in [0.5, 0.6) is 0 Å². The van der Waals surface area contributed by atoms with Crippen molar-refractivity contribution in [3.8, 4) is 0 Å². The third-order valence-corrected chi connectivity index (χ3v) is 4.42. The number of benzene rings is 1. The summed E-state index contributed by atoms with van der Waals surface area (Å²) >= 11 is 0.399. The van der Waals surface area contributed by atoms with Gasteiger partial charge in [-0.05, 0) is 25.5 Å². The number of rotatable bonds is 3. The van der Waals surface area contributed by atoms with Crippen molar-refractivity contribution in [3.63, 3.8) is 0 Å². The number of aromatic nitrogens is 2. The van der Waals surface area contributed by atoms with Crippen molar-refractivity contribution in [2.24, 2.45) is 0 Å². The van der Waals surface area contributed by atoms with Gasteiger partial charge in [0.15, 0.2) is 0 Å². The quantitative estimate of drug-likeness (QED) is 0.931. The number of aryl methyl sites for hydroxylation is 1.